The first kappa shape index (κ1) is 16.6. The number of aromatic nitrogens is 1. The number of anilines is 1. The molecule has 0 atom stereocenters. The van der Waals surface area contributed by atoms with Crippen LogP contribution in [-0.2, 0) is 4.74 Å². The lowest BCUT2D eigenvalue weighted by molar-refractivity contribution is 0.0591. The number of nitrogens with one attached hydrogen (secondary N) is 1. The number of esters is 1. The molecule has 0 aliphatic heterocycles. The lowest BCUT2D eigenvalue weighted by atomic mass is 9.81. The average molecular weight is 298 g/mol. The van der Waals surface area contributed by atoms with Crippen molar-refractivity contribution in [2.75, 3.05) is 19.0 Å². The van der Waals surface area contributed by atoms with Crippen LogP contribution in [0.3, 0.4) is 0 Å². The lowest BCUT2D eigenvalue weighted by Crippen LogP contribution is -2.28. The molecule has 6 heteroatoms. The third-order valence-electron chi connectivity index (χ3n) is 3.58. The van der Waals surface area contributed by atoms with Crippen molar-refractivity contribution in [3.8, 4) is 0 Å². The van der Waals surface area contributed by atoms with E-state index in [1.165, 1.54) is 25.4 Å². The summed E-state index contributed by atoms with van der Waals surface area (Å²) in [5.74, 6) is -0.260. The van der Waals surface area contributed by atoms with Gasteiger partial charge in [0, 0.05) is 13.5 Å². The molecule has 0 aliphatic rings. The van der Waals surface area contributed by atoms with E-state index in [-0.39, 0.29) is 16.9 Å². The number of ketones is 1. The fraction of sp³-hybridized carbons (Fsp3) is 0.643. The Morgan fingerprint density at radius 3 is 2.45 bits per heavy atom. The molecule has 1 rings (SSSR count). The Morgan fingerprint density at radius 2 is 2.00 bits per heavy atom. The van der Waals surface area contributed by atoms with Gasteiger partial charge in [0.2, 0.25) is 0 Å². The maximum Gasteiger partial charge on any atom is 0.358 e. The average Bonchev–Trinajstić information content (AvgIpc) is 2.79. The molecular weight excluding hydrogens is 276 g/mol. The molecule has 112 valence electrons. The number of methoxy groups -OCH3 is 1. The van der Waals surface area contributed by atoms with Gasteiger partial charge < -0.3 is 10.1 Å². The van der Waals surface area contributed by atoms with Crippen molar-refractivity contribution in [2.45, 2.75) is 34.6 Å². The van der Waals surface area contributed by atoms with Gasteiger partial charge in [-0.25, -0.2) is 9.78 Å². The Labute approximate surface area is 123 Å². The minimum absolute atomic E-state index is 0.0908. The van der Waals surface area contributed by atoms with Crippen LogP contribution >= 0.6 is 11.3 Å². The van der Waals surface area contributed by atoms with Gasteiger partial charge in [0.1, 0.15) is 4.88 Å². The molecule has 0 fully saturated rings. The van der Waals surface area contributed by atoms with Gasteiger partial charge in [0.25, 0.3) is 0 Å². The number of ether oxygens (including phenoxy) is 1. The summed E-state index contributed by atoms with van der Waals surface area (Å²) in [4.78, 5) is 27.7. The molecule has 0 bridgehead atoms. The highest BCUT2D eigenvalue weighted by Gasteiger charge is 2.25. The van der Waals surface area contributed by atoms with Crippen LogP contribution in [0.5, 0.6) is 0 Å². The maximum absolute atomic E-state index is 11.6. The Morgan fingerprint density at radius 1 is 1.40 bits per heavy atom. The second-order valence-corrected chi connectivity index (χ2v) is 6.74. The van der Waals surface area contributed by atoms with Gasteiger partial charge in [-0.05, 0) is 11.3 Å². The predicted molar refractivity (Wildman–Crippen MR) is 80.6 cm³/mol. The summed E-state index contributed by atoms with van der Waals surface area (Å²) < 4.78 is 4.65. The minimum Gasteiger partial charge on any atom is -0.464 e. The number of nitrogens with zero attached hydrogens (tertiary/aromatic N) is 1. The van der Waals surface area contributed by atoms with Crippen LogP contribution in [0, 0.1) is 11.3 Å². The van der Waals surface area contributed by atoms with E-state index in [9.17, 15) is 9.59 Å². The molecule has 20 heavy (non-hydrogen) atoms. The zero-order valence-corrected chi connectivity index (χ0v) is 13.7. The number of hydrogen-bond acceptors (Lipinski definition) is 6. The van der Waals surface area contributed by atoms with Crippen LogP contribution in [0.1, 0.15) is 54.8 Å². The van der Waals surface area contributed by atoms with Gasteiger partial charge in [0.15, 0.2) is 16.6 Å². The molecule has 0 saturated heterocycles. The second-order valence-electron chi connectivity index (χ2n) is 5.74. The molecule has 1 N–H and O–H groups in total. The molecule has 0 saturated carbocycles. The van der Waals surface area contributed by atoms with E-state index in [0.717, 1.165) is 6.54 Å². The monoisotopic (exact) mass is 298 g/mol. The number of hydrogen-bond donors (Lipinski definition) is 1. The predicted octanol–water partition coefficient (Wildman–Crippen LogP) is 3.23. The van der Waals surface area contributed by atoms with Gasteiger partial charge in [-0.2, -0.15) is 0 Å². The van der Waals surface area contributed by atoms with Crippen molar-refractivity contribution >= 4 is 28.2 Å². The zero-order chi connectivity index (χ0) is 15.5. The van der Waals surface area contributed by atoms with Gasteiger partial charge in [-0.3, -0.25) is 4.79 Å². The number of carbonyl (C=O) groups is 2. The third kappa shape index (κ3) is 3.79. The van der Waals surface area contributed by atoms with Crippen molar-refractivity contribution in [1.82, 2.24) is 4.98 Å². The molecule has 0 unspecified atom stereocenters. The standard InChI is InChI=1S/C14H22N2O3S/c1-8(2)14(4,5)7-15-13-16-10(12(18)19-6)11(20-13)9(3)17/h8H,7H2,1-6H3,(H,15,16). The van der Waals surface area contributed by atoms with Gasteiger partial charge in [0.05, 0.1) is 7.11 Å². The first-order valence-electron chi connectivity index (χ1n) is 6.53. The Hall–Kier alpha value is -1.43. The van der Waals surface area contributed by atoms with E-state index in [4.69, 9.17) is 0 Å². The van der Waals surface area contributed by atoms with Crippen LogP contribution in [-0.4, -0.2) is 30.4 Å². The van der Waals surface area contributed by atoms with Crippen LogP contribution < -0.4 is 5.32 Å². The van der Waals surface area contributed by atoms with E-state index in [1.807, 2.05) is 0 Å². The summed E-state index contributed by atoms with van der Waals surface area (Å²) in [7, 11) is 1.28. The summed E-state index contributed by atoms with van der Waals surface area (Å²) in [5, 5.41) is 3.78. The van der Waals surface area contributed by atoms with E-state index in [1.54, 1.807) is 0 Å². The largest absolute Gasteiger partial charge is 0.464 e. The highest BCUT2D eigenvalue weighted by molar-refractivity contribution is 7.17. The number of carbonyl (C=O) groups excluding carboxylic acids is 2. The molecule has 0 spiro atoms. The van der Waals surface area contributed by atoms with Gasteiger partial charge in [-0.15, -0.1) is 0 Å². The fourth-order valence-corrected chi connectivity index (χ4v) is 2.22. The number of Topliss-reactive ketones (excluding diaryl/α,β-unsaturated/α-hetero) is 1. The van der Waals surface area contributed by atoms with Gasteiger partial charge >= 0.3 is 5.97 Å². The highest BCUT2D eigenvalue weighted by Crippen LogP contribution is 2.29. The first-order chi connectivity index (χ1) is 9.19. The summed E-state index contributed by atoms with van der Waals surface area (Å²) in [6.07, 6.45) is 0. The molecule has 1 aromatic rings. The van der Waals surface area contributed by atoms with Gasteiger partial charge in [-0.1, -0.05) is 39.0 Å². The van der Waals surface area contributed by atoms with E-state index in [0.29, 0.717) is 15.9 Å². The molecule has 0 radical (unpaired) electrons. The van der Waals surface area contributed by atoms with Crippen molar-refractivity contribution in [3.63, 3.8) is 0 Å². The summed E-state index contributed by atoms with van der Waals surface area (Å²) in [5.41, 5.74) is 0.183. The summed E-state index contributed by atoms with van der Waals surface area (Å²) in [6, 6.07) is 0. The molecular formula is C14H22N2O3S. The van der Waals surface area contributed by atoms with Crippen molar-refractivity contribution < 1.29 is 14.3 Å². The molecule has 1 aromatic heterocycles. The third-order valence-corrected chi connectivity index (χ3v) is 4.70. The highest BCUT2D eigenvalue weighted by atomic mass is 32.1. The smallest absolute Gasteiger partial charge is 0.358 e. The van der Waals surface area contributed by atoms with Crippen molar-refractivity contribution in [3.05, 3.63) is 10.6 Å². The van der Waals surface area contributed by atoms with E-state index >= 15 is 0 Å². The number of thiazole rings is 1. The fourth-order valence-electron chi connectivity index (χ4n) is 1.38. The van der Waals surface area contributed by atoms with Crippen LogP contribution in [0.15, 0.2) is 0 Å². The minimum atomic E-state index is -0.581. The van der Waals surface area contributed by atoms with Crippen LogP contribution in [0.2, 0.25) is 0 Å². The molecule has 5 nitrogen and oxygen atoms in total. The summed E-state index contributed by atoms with van der Waals surface area (Å²) >= 11 is 1.19. The molecule has 0 amide bonds. The topological polar surface area (TPSA) is 68.3 Å². The Bertz CT molecular complexity index is 507. The lowest BCUT2D eigenvalue weighted by Gasteiger charge is -2.29. The molecule has 0 aromatic carbocycles. The number of rotatable bonds is 6. The second kappa shape index (κ2) is 6.35. The van der Waals surface area contributed by atoms with Crippen LogP contribution in [0.4, 0.5) is 5.13 Å². The zero-order valence-electron chi connectivity index (χ0n) is 12.9. The first-order valence-corrected chi connectivity index (χ1v) is 7.34. The SMILES string of the molecule is COC(=O)c1nc(NCC(C)(C)C(C)C)sc1C(C)=O. The van der Waals surface area contributed by atoms with E-state index in [2.05, 4.69) is 42.7 Å². The normalized spacial score (nSPS) is 11.6. The summed E-state index contributed by atoms with van der Waals surface area (Å²) in [6.45, 7) is 10.8. The van der Waals surface area contributed by atoms with Crippen molar-refractivity contribution in [1.29, 1.82) is 0 Å². The Balaban J connectivity index is 2.93. The Kier molecular flexibility index (Phi) is 5.28. The van der Waals surface area contributed by atoms with Crippen LogP contribution in [0.25, 0.3) is 0 Å². The maximum atomic E-state index is 11.6. The van der Waals surface area contributed by atoms with Crippen molar-refractivity contribution in [2.24, 2.45) is 11.3 Å². The molecule has 0 aliphatic carbocycles. The molecule has 1 heterocycles. The quantitative estimate of drug-likeness (QED) is 0.645. The van der Waals surface area contributed by atoms with E-state index < -0.39 is 5.97 Å².